The maximum absolute atomic E-state index is 12.7. The van der Waals surface area contributed by atoms with E-state index in [1.807, 2.05) is 59.3 Å². The van der Waals surface area contributed by atoms with Crippen LogP contribution in [0, 0.1) is 0 Å². The van der Waals surface area contributed by atoms with Crippen LogP contribution in [0.5, 0.6) is 0 Å². The zero-order chi connectivity index (χ0) is 17.1. The summed E-state index contributed by atoms with van der Waals surface area (Å²) in [5, 5.41) is 9.00. The molecule has 5 heteroatoms. The Morgan fingerprint density at radius 1 is 1.00 bits per heavy atom. The summed E-state index contributed by atoms with van der Waals surface area (Å²) in [7, 11) is 0. The summed E-state index contributed by atoms with van der Waals surface area (Å²) in [6.07, 6.45) is 3.32. The number of rotatable bonds is 4. The van der Waals surface area contributed by atoms with E-state index in [1.165, 1.54) is 0 Å². The van der Waals surface area contributed by atoms with Crippen LogP contribution in [-0.4, -0.2) is 15.9 Å². The predicted molar refractivity (Wildman–Crippen MR) is 100 cm³/mol. The van der Waals surface area contributed by atoms with Gasteiger partial charge in [-0.3, -0.25) is 14.8 Å². The molecule has 122 valence electrons. The summed E-state index contributed by atoms with van der Waals surface area (Å²) in [4.78, 5) is 21.5. The number of amides is 1. The number of thiophene rings is 1. The van der Waals surface area contributed by atoms with Crippen molar-refractivity contribution in [3.63, 3.8) is 0 Å². The van der Waals surface area contributed by atoms with Crippen LogP contribution in [0.25, 0.3) is 22.0 Å². The molecule has 0 aliphatic carbocycles. The number of nitrogens with zero attached hydrogens (tertiary/aromatic N) is 2. The minimum atomic E-state index is -0.112. The van der Waals surface area contributed by atoms with Crippen LogP contribution >= 0.6 is 11.3 Å². The van der Waals surface area contributed by atoms with Gasteiger partial charge in [0.25, 0.3) is 5.91 Å². The van der Waals surface area contributed by atoms with Gasteiger partial charge in [0.05, 0.1) is 17.9 Å². The van der Waals surface area contributed by atoms with Crippen molar-refractivity contribution in [2.45, 2.75) is 6.54 Å². The van der Waals surface area contributed by atoms with Gasteiger partial charge in [0.1, 0.15) is 0 Å². The lowest BCUT2D eigenvalue weighted by atomic mass is 10.0. The normalized spacial score (nSPS) is 10.7. The van der Waals surface area contributed by atoms with Crippen LogP contribution in [0.2, 0.25) is 0 Å². The zero-order valence-electron chi connectivity index (χ0n) is 13.3. The number of hydrogen-bond donors (Lipinski definition) is 1. The molecule has 2 aromatic carbocycles. The van der Waals surface area contributed by atoms with Crippen LogP contribution in [0.1, 0.15) is 16.1 Å². The quantitative estimate of drug-likeness (QED) is 0.600. The van der Waals surface area contributed by atoms with Gasteiger partial charge in [-0.25, -0.2) is 0 Å². The Labute approximate surface area is 149 Å². The topological polar surface area (TPSA) is 54.9 Å². The smallest absolute Gasteiger partial charge is 0.252 e. The predicted octanol–water partition coefficient (Wildman–Crippen LogP) is 4.29. The van der Waals surface area contributed by atoms with Crippen LogP contribution < -0.4 is 5.32 Å². The Kier molecular flexibility index (Phi) is 4.23. The van der Waals surface area contributed by atoms with Gasteiger partial charge in [-0.15, -0.1) is 0 Å². The summed E-state index contributed by atoms with van der Waals surface area (Å²) >= 11 is 1.61. The Hall–Kier alpha value is -3.05. The van der Waals surface area contributed by atoms with E-state index in [0.29, 0.717) is 12.1 Å². The highest BCUT2D eigenvalue weighted by Gasteiger charge is 2.12. The first kappa shape index (κ1) is 15.5. The third-order valence-corrected chi connectivity index (χ3v) is 4.70. The van der Waals surface area contributed by atoms with Crippen molar-refractivity contribution in [3.8, 4) is 11.3 Å². The van der Waals surface area contributed by atoms with E-state index < -0.39 is 0 Å². The standard InChI is InChI=1S/C20H15N3OS/c24-20(17-7-3-5-14-4-1-2-6-16(14)17)23-12-18-19(22-10-9-21-18)15-8-11-25-13-15/h1-11,13H,12H2,(H,23,24). The van der Waals surface area contributed by atoms with E-state index in [0.717, 1.165) is 27.7 Å². The van der Waals surface area contributed by atoms with Crippen LogP contribution in [0.4, 0.5) is 0 Å². The molecule has 0 radical (unpaired) electrons. The number of carbonyl (C=O) groups excluding carboxylic acids is 1. The molecule has 0 saturated carbocycles. The molecular formula is C20H15N3OS. The second-order valence-corrected chi connectivity index (χ2v) is 6.35. The van der Waals surface area contributed by atoms with E-state index in [4.69, 9.17) is 0 Å². The molecule has 4 rings (SSSR count). The minimum absolute atomic E-state index is 0.112. The number of nitrogens with one attached hydrogen (secondary N) is 1. The Morgan fingerprint density at radius 3 is 2.72 bits per heavy atom. The number of fused-ring (bicyclic) bond motifs is 1. The van der Waals surface area contributed by atoms with Gasteiger partial charge >= 0.3 is 0 Å². The number of hydrogen-bond acceptors (Lipinski definition) is 4. The molecular weight excluding hydrogens is 330 g/mol. The molecule has 2 heterocycles. The highest BCUT2D eigenvalue weighted by atomic mass is 32.1. The van der Waals surface area contributed by atoms with Gasteiger partial charge in [0.15, 0.2) is 0 Å². The molecule has 0 bridgehead atoms. The molecule has 0 aliphatic heterocycles. The first-order valence-corrected chi connectivity index (χ1v) is 8.85. The zero-order valence-corrected chi connectivity index (χ0v) is 14.2. The number of carbonyl (C=O) groups is 1. The maximum atomic E-state index is 12.7. The molecule has 1 amide bonds. The van der Waals surface area contributed by atoms with E-state index in [2.05, 4.69) is 15.3 Å². The van der Waals surface area contributed by atoms with Crippen molar-refractivity contribution in [3.05, 3.63) is 82.9 Å². The largest absolute Gasteiger partial charge is 0.346 e. The second kappa shape index (κ2) is 6.83. The first-order valence-electron chi connectivity index (χ1n) is 7.91. The molecule has 2 aromatic heterocycles. The maximum Gasteiger partial charge on any atom is 0.252 e. The third kappa shape index (κ3) is 3.14. The molecule has 25 heavy (non-hydrogen) atoms. The molecule has 0 unspecified atom stereocenters. The summed E-state index contributed by atoms with van der Waals surface area (Å²) in [6, 6.07) is 15.6. The van der Waals surface area contributed by atoms with E-state index in [1.54, 1.807) is 23.7 Å². The monoisotopic (exact) mass is 345 g/mol. The minimum Gasteiger partial charge on any atom is -0.346 e. The molecule has 4 aromatic rings. The number of aromatic nitrogens is 2. The SMILES string of the molecule is O=C(NCc1nccnc1-c1ccsc1)c1cccc2ccccc12. The lowest BCUT2D eigenvalue weighted by Crippen LogP contribution is -2.24. The highest BCUT2D eigenvalue weighted by molar-refractivity contribution is 7.08. The van der Waals surface area contributed by atoms with Crippen LogP contribution in [0.15, 0.2) is 71.7 Å². The highest BCUT2D eigenvalue weighted by Crippen LogP contribution is 2.22. The van der Waals surface area contributed by atoms with Crippen molar-refractivity contribution < 1.29 is 4.79 Å². The van der Waals surface area contributed by atoms with Gasteiger partial charge in [0, 0.05) is 28.9 Å². The average molecular weight is 345 g/mol. The fourth-order valence-corrected chi connectivity index (χ4v) is 3.46. The van der Waals surface area contributed by atoms with Crippen molar-refractivity contribution in [1.82, 2.24) is 15.3 Å². The fourth-order valence-electron chi connectivity index (χ4n) is 2.82. The molecule has 0 atom stereocenters. The Bertz CT molecular complexity index is 1020. The van der Waals surface area contributed by atoms with Crippen LogP contribution in [-0.2, 0) is 6.54 Å². The molecule has 4 nitrogen and oxygen atoms in total. The van der Waals surface area contributed by atoms with Gasteiger partial charge < -0.3 is 5.32 Å². The molecule has 1 N–H and O–H groups in total. The first-order chi connectivity index (χ1) is 12.3. The van der Waals surface area contributed by atoms with Gasteiger partial charge in [0.2, 0.25) is 0 Å². The van der Waals surface area contributed by atoms with E-state index in [-0.39, 0.29) is 5.91 Å². The molecule has 0 aliphatic rings. The van der Waals surface area contributed by atoms with Crippen molar-refractivity contribution in [1.29, 1.82) is 0 Å². The molecule has 0 saturated heterocycles. The lowest BCUT2D eigenvalue weighted by molar-refractivity contribution is 0.0952. The second-order valence-electron chi connectivity index (χ2n) is 5.57. The summed E-state index contributed by atoms with van der Waals surface area (Å²) in [5.74, 6) is -0.112. The molecule has 0 fully saturated rings. The van der Waals surface area contributed by atoms with Crippen molar-refractivity contribution in [2.24, 2.45) is 0 Å². The Balaban J connectivity index is 1.59. The third-order valence-electron chi connectivity index (χ3n) is 4.02. The summed E-state index contributed by atoms with van der Waals surface area (Å²) in [6.45, 7) is 0.334. The van der Waals surface area contributed by atoms with Crippen molar-refractivity contribution in [2.75, 3.05) is 0 Å². The summed E-state index contributed by atoms with van der Waals surface area (Å²) < 4.78 is 0. The van der Waals surface area contributed by atoms with Gasteiger partial charge in [-0.1, -0.05) is 36.4 Å². The van der Waals surface area contributed by atoms with Crippen LogP contribution in [0.3, 0.4) is 0 Å². The lowest BCUT2D eigenvalue weighted by Gasteiger charge is -2.10. The Morgan fingerprint density at radius 2 is 1.84 bits per heavy atom. The van der Waals surface area contributed by atoms with E-state index >= 15 is 0 Å². The van der Waals surface area contributed by atoms with Gasteiger partial charge in [-0.05, 0) is 28.3 Å². The average Bonchev–Trinajstić information content (AvgIpc) is 3.20. The fraction of sp³-hybridized carbons (Fsp3) is 0.0500. The van der Waals surface area contributed by atoms with Crippen molar-refractivity contribution >= 4 is 28.0 Å². The van der Waals surface area contributed by atoms with Gasteiger partial charge in [-0.2, -0.15) is 11.3 Å². The van der Waals surface area contributed by atoms with E-state index in [9.17, 15) is 4.79 Å². The number of benzene rings is 2. The summed E-state index contributed by atoms with van der Waals surface area (Å²) in [5.41, 5.74) is 3.25. The molecule has 0 spiro atoms.